The van der Waals surface area contributed by atoms with Crippen LogP contribution in [0.2, 0.25) is 40.3 Å². The molecule has 0 saturated carbocycles. The van der Waals surface area contributed by atoms with E-state index in [2.05, 4.69) is 166 Å². The average Bonchev–Trinajstić information content (AvgIpc) is 2.75. The molecule has 8 bridgehead atoms. The van der Waals surface area contributed by atoms with Crippen LogP contribution in [-0.4, -0.2) is 70.4 Å². The van der Waals surface area contributed by atoms with Crippen molar-refractivity contribution in [3.8, 4) is 0 Å². The second kappa shape index (κ2) is 11.5. The Hall–Kier alpha value is 1.26. The Kier molecular flexibility index (Phi) is 9.81. The molecule has 0 aromatic heterocycles. The summed E-state index contributed by atoms with van der Waals surface area (Å²) in [6.07, 6.45) is 0. The molecule has 0 aromatic carbocycles. The maximum Gasteiger partial charge on any atom is 0.484 e. The van der Waals surface area contributed by atoms with Crippen molar-refractivity contribution < 1.29 is 49.4 Å². The first-order valence-electron chi connectivity index (χ1n) is 18.9. The molecule has 0 spiro atoms. The van der Waals surface area contributed by atoms with Gasteiger partial charge in [0.05, 0.1) is 0 Å². The summed E-state index contributed by atoms with van der Waals surface area (Å²) in [5, 5.41) is -6.06. The molecule has 0 N–H and O–H groups in total. The van der Waals surface area contributed by atoms with Gasteiger partial charge in [0.2, 0.25) is 0 Å². The first-order valence-corrected chi connectivity index (χ1v) is 32.7. The van der Waals surface area contributed by atoms with E-state index in [0.717, 1.165) is 0 Å². The van der Waals surface area contributed by atoms with Gasteiger partial charge >= 0.3 is 70.4 Å². The van der Waals surface area contributed by atoms with E-state index < -0.39 is 111 Å². The van der Waals surface area contributed by atoms with Crippen LogP contribution in [0, 0.1) is 0 Å². The summed E-state index contributed by atoms with van der Waals surface area (Å²) in [4.78, 5) is 0. The van der Waals surface area contributed by atoms with Crippen molar-refractivity contribution in [1.29, 1.82) is 0 Å². The summed E-state index contributed by atoms with van der Waals surface area (Å²) in [7, 11) is -33.5. The monoisotopic (exact) mass is 872 g/mol. The average molecular weight is 874 g/mol. The van der Waals surface area contributed by atoms with Crippen LogP contribution >= 0.6 is 0 Å². The van der Waals surface area contributed by atoms with E-state index in [1.165, 1.54) is 0 Å². The Morgan fingerprint density at radius 2 is 0.212 bits per heavy atom. The predicted octanol–water partition coefficient (Wildman–Crippen LogP) is 10.2. The van der Waals surface area contributed by atoms with Gasteiger partial charge in [-0.2, -0.15) is 0 Å². The highest BCUT2D eigenvalue weighted by molar-refractivity contribution is 7.06. The van der Waals surface area contributed by atoms with Gasteiger partial charge in [-0.3, -0.25) is 0 Å². The fraction of sp³-hybridized carbons (Fsp3) is 1.00. The van der Waals surface area contributed by atoms with Crippen molar-refractivity contribution >= 4 is 70.4 Å². The van der Waals surface area contributed by atoms with E-state index in [1.807, 2.05) is 0 Å². The van der Waals surface area contributed by atoms with Crippen LogP contribution < -0.4 is 0 Å². The molecule has 6 aliphatic heterocycles. The van der Waals surface area contributed by atoms with E-state index in [9.17, 15) is 0 Å². The van der Waals surface area contributed by atoms with E-state index in [0.29, 0.717) is 0 Å². The van der Waals surface area contributed by atoms with Crippen LogP contribution in [0.25, 0.3) is 0 Å². The zero-order valence-electron chi connectivity index (χ0n) is 36.9. The Bertz CT molecular complexity index is 1050. The first-order chi connectivity index (χ1) is 22.5. The summed E-state index contributed by atoms with van der Waals surface area (Å²) < 4.78 is 95.0. The van der Waals surface area contributed by atoms with E-state index >= 15 is 0 Å². The minimum absolute atomic E-state index is 0.758. The highest BCUT2D eigenvalue weighted by Crippen LogP contribution is 2.68. The Balaban J connectivity index is 2.17. The molecule has 52 heavy (non-hydrogen) atoms. The summed E-state index contributed by atoms with van der Waals surface area (Å²) in [6.45, 7) is 50.1. The zero-order valence-corrected chi connectivity index (χ0v) is 44.9. The molecule has 6 heterocycles. The van der Waals surface area contributed by atoms with Crippen LogP contribution in [0.4, 0.5) is 0 Å². The summed E-state index contributed by atoms with van der Waals surface area (Å²) in [6, 6.07) is 0. The summed E-state index contributed by atoms with van der Waals surface area (Å²) >= 11 is 0. The zero-order chi connectivity index (χ0) is 40.5. The van der Waals surface area contributed by atoms with E-state index in [-0.39, 0.29) is 0 Å². The molecule has 6 rings (SSSR count). The molecule has 0 unspecified atom stereocenters. The van der Waals surface area contributed by atoms with Gasteiger partial charge in [-0.05, 0) is 0 Å². The van der Waals surface area contributed by atoms with Gasteiger partial charge in [0, 0.05) is 40.3 Å². The highest BCUT2D eigenvalue weighted by atomic mass is 28.6. The van der Waals surface area contributed by atoms with Gasteiger partial charge < -0.3 is 49.4 Å². The molecule has 20 heteroatoms. The molecule has 0 radical (unpaired) electrons. The van der Waals surface area contributed by atoms with Gasteiger partial charge in [-0.15, -0.1) is 0 Å². The van der Waals surface area contributed by atoms with Gasteiger partial charge in [-0.1, -0.05) is 166 Å². The maximum absolute atomic E-state index is 7.91. The van der Waals surface area contributed by atoms with Crippen molar-refractivity contribution in [3.63, 3.8) is 0 Å². The SMILES string of the molecule is CC(C)(C)[Si]12O[Si]3(C(C)(C)C)O[Si]4(C(C)(C)C)O[Si](C(C)(C)C)(O1)O[Si]1(C(C)(C)C)O[Si](C(C)(C)C)(O2)O[Si](C(C)(C)C)(O3)O[Si](C(C)(C)C)(O4)O1. The van der Waals surface area contributed by atoms with Gasteiger partial charge in [-0.25, -0.2) is 0 Å². The Morgan fingerprint density at radius 3 is 0.250 bits per heavy atom. The topological polar surface area (TPSA) is 111 Å². The van der Waals surface area contributed by atoms with Gasteiger partial charge in [0.25, 0.3) is 0 Å². The van der Waals surface area contributed by atoms with E-state index in [1.54, 1.807) is 0 Å². The Labute approximate surface area is 324 Å². The lowest BCUT2D eigenvalue weighted by Gasteiger charge is -2.71. The van der Waals surface area contributed by atoms with Crippen molar-refractivity contribution in [3.05, 3.63) is 0 Å². The molecule has 6 fully saturated rings. The summed E-state index contributed by atoms with van der Waals surface area (Å²) in [5.74, 6) is 0. The minimum atomic E-state index is -4.19. The van der Waals surface area contributed by atoms with Crippen LogP contribution in [0.1, 0.15) is 166 Å². The standard InChI is InChI=1S/C32H72O12Si8/c1-25(2,3)45-33-46(26(4,5)6)36-49(29(13,14)15)38-47(34-45,27(7,8)9)40-51(31(19,20)21)41-48(35-45,28(10,11)12)39-50(37-46,30(16,17)18)43-52(42-49,44-51)32(22,23)24/h1-24H3. The second-order valence-electron chi connectivity index (χ2n) is 23.7. The molecule has 6 saturated heterocycles. The smallest absolute Gasteiger partial charge is 0.373 e. The third-order valence-corrected chi connectivity index (χ3v) is 51.1. The van der Waals surface area contributed by atoms with Gasteiger partial charge in [0.1, 0.15) is 0 Å². The third-order valence-electron chi connectivity index (χ3n) is 10.6. The molecular formula is C32H72O12Si8. The first kappa shape index (κ1) is 44.4. The summed E-state index contributed by atoms with van der Waals surface area (Å²) in [5.41, 5.74) is 0. The number of hydrogen-bond donors (Lipinski definition) is 0. The minimum Gasteiger partial charge on any atom is -0.373 e. The fourth-order valence-electron chi connectivity index (χ4n) is 6.30. The molecule has 0 atom stereocenters. The van der Waals surface area contributed by atoms with Crippen molar-refractivity contribution in [2.24, 2.45) is 0 Å². The predicted molar refractivity (Wildman–Crippen MR) is 217 cm³/mol. The quantitative estimate of drug-likeness (QED) is 0.216. The van der Waals surface area contributed by atoms with Crippen molar-refractivity contribution in [1.82, 2.24) is 0 Å². The normalized spacial score (nSPS) is 43.8. The lowest BCUT2D eigenvalue weighted by Crippen LogP contribution is -2.93. The highest BCUT2D eigenvalue weighted by Gasteiger charge is 2.91. The fourth-order valence-corrected chi connectivity index (χ4v) is 65.7. The van der Waals surface area contributed by atoms with Crippen molar-refractivity contribution in [2.45, 2.75) is 206 Å². The van der Waals surface area contributed by atoms with E-state index in [4.69, 9.17) is 49.4 Å². The molecular weight excluding hydrogens is 801 g/mol. The lowest BCUT2D eigenvalue weighted by atomic mass is 10.3. The number of hydrogen-bond acceptors (Lipinski definition) is 12. The van der Waals surface area contributed by atoms with Crippen LogP contribution in [0.15, 0.2) is 0 Å². The molecule has 0 aliphatic carbocycles. The third kappa shape index (κ3) is 6.14. The Morgan fingerprint density at radius 1 is 0.154 bits per heavy atom. The second-order valence-corrected chi connectivity index (χ2v) is 54.4. The molecule has 0 aromatic rings. The van der Waals surface area contributed by atoms with Crippen LogP contribution in [0.5, 0.6) is 0 Å². The molecule has 6 aliphatic rings. The van der Waals surface area contributed by atoms with Gasteiger partial charge in [0.15, 0.2) is 0 Å². The van der Waals surface area contributed by atoms with Crippen LogP contribution in [-0.2, 0) is 49.4 Å². The van der Waals surface area contributed by atoms with Crippen molar-refractivity contribution in [2.75, 3.05) is 0 Å². The molecule has 0 amide bonds. The number of rotatable bonds is 0. The lowest BCUT2D eigenvalue weighted by molar-refractivity contribution is -0.0655. The maximum atomic E-state index is 7.91. The molecule has 12 nitrogen and oxygen atoms in total. The van der Waals surface area contributed by atoms with Crippen LogP contribution in [0.3, 0.4) is 0 Å². The largest absolute Gasteiger partial charge is 0.484 e. The molecule has 304 valence electrons.